The van der Waals surface area contributed by atoms with Crippen molar-refractivity contribution in [3.63, 3.8) is 0 Å². The molecule has 0 bridgehead atoms. The van der Waals surface area contributed by atoms with Crippen molar-refractivity contribution < 1.29 is 27.8 Å². The second kappa shape index (κ2) is 7.92. The maximum Gasteiger partial charge on any atom is 0.279 e. The molecule has 2 atom stereocenters. The van der Waals surface area contributed by atoms with E-state index in [9.17, 15) is 18.7 Å². The molecule has 146 valence electrons. The zero-order valence-corrected chi connectivity index (χ0v) is 15.4. The Bertz CT molecular complexity index is 852. The largest absolute Gasteiger partial charge is 0.468 e. The number of nitrogens with two attached hydrogens (primary N) is 1. The van der Waals surface area contributed by atoms with Crippen LogP contribution in [0.3, 0.4) is 0 Å². The third-order valence-corrected chi connectivity index (χ3v) is 4.54. The van der Waals surface area contributed by atoms with Crippen LogP contribution in [0.2, 0.25) is 10.0 Å². The van der Waals surface area contributed by atoms with Gasteiger partial charge < -0.3 is 15.6 Å². The van der Waals surface area contributed by atoms with Crippen LogP contribution in [0.4, 0.5) is 13.2 Å². The van der Waals surface area contributed by atoms with Gasteiger partial charge in [0.05, 0.1) is 0 Å². The average molecular weight is 423 g/mol. The lowest BCUT2D eigenvalue weighted by Gasteiger charge is -2.39. The molecule has 2 rings (SSSR count). The average Bonchev–Trinajstić information content (AvgIpc) is 2.59. The number of rotatable bonds is 7. The van der Waals surface area contributed by atoms with E-state index in [0.29, 0.717) is 0 Å². The Morgan fingerprint density at radius 3 is 2.56 bits per heavy atom. The predicted molar refractivity (Wildman–Crippen MR) is 93.7 cm³/mol. The molecule has 1 heterocycles. The zero-order chi connectivity index (χ0) is 20.4. The number of carbonyl (C=O) groups is 1. The topological polar surface area (TPSA) is 85.4 Å². The Morgan fingerprint density at radius 2 is 2.00 bits per heavy atom. The standard InChI is InChI=1S/C17H15Cl2F3N2O3/c1-16(26,9-4-5-24-14(6-9)27-8-13(23)25)17(22,15(20)21)11-3-2-10(18)7-12(11)19/h2-7,15,26H,8H2,1H3,(H2,23,25). The summed E-state index contributed by atoms with van der Waals surface area (Å²) in [7, 11) is 0. The van der Waals surface area contributed by atoms with Crippen LogP contribution in [0.5, 0.6) is 5.88 Å². The van der Waals surface area contributed by atoms with Gasteiger partial charge in [0.1, 0.15) is 5.60 Å². The number of benzene rings is 1. The summed E-state index contributed by atoms with van der Waals surface area (Å²) in [5.41, 5.74) is -2.28. The van der Waals surface area contributed by atoms with E-state index in [1.807, 2.05) is 0 Å². The molecule has 0 aliphatic rings. The first-order valence-corrected chi connectivity index (χ1v) is 8.28. The minimum absolute atomic E-state index is 0.117. The van der Waals surface area contributed by atoms with Crippen LogP contribution >= 0.6 is 23.2 Å². The SMILES string of the molecule is CC(O)(c1ccnc(OCC(N)=O)c1)C(F)(c1ccc(Cl)cc1Cl)C(F)F. The minimum atomic E-state index is -3.64. The number of primary amides is 1. The highest BCUT2D eigenvalue weighted by molar-refractivity contribution is 6.35. The molecule has 5 nitrogen and oxygen atoms in total. The number of hydrogen-bond donors (Lipinski definition) is 2. The van der Waals surface area contributed by atoms with Crippen LogP contribution in [-0.2, 0) is 16.1 Å². The maximum absolute atomic E-state index is 15.7. The predicted octanol–water partition coefficient (Wildman–Crippen LogP) is 3.59. The summed E-state index contributed by atoms with van der Waals surface area (Å²) in [6, 6.07) is 5.43. The summed E-state index contributed by atoms with van der Waals surface area (Å²) in [5, 5.41) is 10.5. The van der Waals surface area contributed by atoms with Gasteiger partial charge in [0.2, 0.25) is 11.5 Å². The second-order valence-electron chi connectivity index (χ2n) is 5.85. The number of pyridine rings is 1. The fourth-order valence-electron chi connectivity index (χ4n) is 2.52. The molecule has 0 radical (unpaired) electrons. The van der Waals surface area contributed by atoms with E-state index in [2.05, 4.69) is 4.98 Å². The van der Waals surface area contributed by atoms with Crippen molar-refractivity contribution in [2.45, 2.75) is 24.6 Å². The molecule has 0 saturated heterocycles. The molecular weight excluding hydrogens is 408 g/mol. The number of amides is 1. The lowest BCUT2D eigenvalue weighted by atomic mass is 9.76. The number of hydrogen-bond acceptors (Lipinski definition) is 4. The summed E-state index contributed by atoms with van der Waals surface area (Å²) in [5.74, 6) is -1.00. The van der Waals surface area contributed by atoms with Crippen LogP contribution in [-0.4, -0.2) is 29.0 Å². The fraction of sp³-hybridized carbons (Fsp3) is 0.294. The number of aromatic nitrogens is 1. The van der Waals surface area contributed by atoms with Crippen LogP contribution in [0.15, 0.2) is 36.5 Å². The Balaban J connectivity index is 2.55. The summed E-state index contributed by atoms with van der Waals surface area (Å²) in [6.45, 7) is 0.342. The smallest absolute Gasteiger partial charge is 0.279 e. The summed E-state index contributed by atoms with van der Waals surface area (Å²) in [4.78, 5) is 14.5. The Hall–Kier alpha value is -2.03. The maximum atomic E-state index is 15.7. The van der Waals surface area contributed by atoms with Crippen LogP contribution in [0.25, 0.3) is 0 Å². The summed E-state index contributed by atoms with van der Waals surface area (Å²) >= 11 is 11.6. The Labute approximate surface area is 162 Å². The highest BCUT2D eigenvalue weighted by Gasteiger charge is 2.58. The van der Waals surface area contributed by atoms with Crippen LogP contribution in [0.1, 0.15) is 18.1 Å². The van der Waals surface area contributed by atoms with E-state index in [0.717, 1.165) is 37.4 Å². The van der Waals surface area contributed by atoms with Crippen molar-refractivity contribution in [1.29, 1.82) is 0 Å². The molecule has 1 amide bonds. The van der Waals surface area contributed by atoms with Crippen molar-refractivity contribution in [1.82, 2.24) is 4.98 Å². The molecule has 1 aromatic heterocycles. The number of halogens is 5. The summed E-state index contributed by atoms with van der Waals surface area (Å²) < 4.78 is 48.4. The van der Waals surface area contributed by atoms with Gasteiger partial charge in [-0.3, -0.25) is 4.79 Å². The number of carbonyl (C=O) groups excluding carboxylic acids is 1. The van der Waals surface area contributed by atoms with Crippen molar-refractivity contribution in [3.8, 4) is 5.88 Å². The van der Waals surface area contributed by atoms with Crippen LogP contribution in [0, 0.1) is 0 Å². The van der Waals surface area contributed by atoms with Crippen LogP contribution < -0.4 is 10.5 Å². The molecule has 0 aliphatic carbocycles. The molecule has 2 unspecified atom stereocenters. The van der Waals surface area contributed by atoms with Crippen molar-refractivity contribution in [3.05, 3.63) is 57.7 Å². The highest BCUT2D eigenvalue weighted by atomic mass is 35.5. The molecule has 0 aliphatic heterocycles. The highest BCUT2D eigenvalue weighted by Crippen LogP contribution is 2.50. The second-order valence-corrected chi connectivity index (χ2v) is 6.69. The number of alkyl halides is 3. The van der Waals surface area contributed by atoms with Crippen molar-refractivity contribution >= 4 is 29.1 Å². The third-order valence-electron chi connectivity index (χ3n) is 3.99. The molecule has 1 aromatic carbocycles. The molecular formula is C17H15Cl2F3N2O3. The lowest BCUT2D eigenvalue weighted by Crippen LogP contribution is -2.49. The van der Waals surface area contributed by atoms with Crippen molar-refractivity contribution in [2.75, 3.05) is 6.61 Å². The van der Waals surface area contributed by atoms with E-state index >= 15 is 4.39 Å². The van der Waals surface area contributed by atoms with E-state index in [1.165, 1.54) is 6.07 Å². The third kappa shape index (κ3) is 4.12. The lowest BCUT2D eigenvalue weighted by molar-refractivity contribution is -0.175. The fourth-order valence-corrected chi connectivity index (χ4v) is 3.07. The van der Waals surface area contributed by atoms with Gasteiger partial charge in [0.15, 0.2) is 6.61 Å². The van der Waals surface area contributed by atoms with E-state index < -0.39 is 35.8 Å². The molecule has 10 heteroatoms. The van der Waals surface area contributed by atoms with Gasteiger partial charge in [0, 0.05) is 27.9 Å². The van der Waals surface area contributed by atoms with Gasteiger partial charge in [-0.2, -0.15) is 0 Å². The van der Waals surface area contributed by atoms with Crippen molar-refractivity contribution in [2.24, 2.45) is 5.73 Å². The first-order valence-electron chi connectivity index (χ1n) is 7.52. The first-order chi connectivity index (χ1) is 12.5. The molecule has 0 spiro atoms. The van der Waals surface area contributed by atoms with Gasteiger partial charge >= 0.3 is 0 Å². The quantitative estimate of drug-likeness (QED) is 0.713. The number of aliphatic hydroxyl groups is 1. The molecule has 2 aromatic rings. The van der Waals surface area contributed by atoms with E-state index in [4.69, 9.17) is 33.7 Å². The molecule has 0 saturated carbocycles. The van der Waals surface area contributed by atoms with Gasteiger partial charge in [0.25, 0.3) is 12.3 Å². The van der Waals surface area contributed by atoms with Gasteiger partial charge in [-0.25, -0.2) is 18.2 Å². The van der Waals surface area contributed by atoms with E-state index in [-0.39, 0.29) is 21.5 Å². The molecule has 27 heavy (non-hydrogen) atoms. The van der Waals surface area contributed by atoms with E-state index in [1.54, 1.807) is 0 Å². The van der Waals surface area contributed by atoms with Gasteiger partial charge in [-0.15, -0.1) is 0 Å². The Morgan fingerprint density at radius 1 is 1.33 bits per heavy atom. The minimum Gasteiger partial charge on any atom is -0.468 e. The number of ether oxygens (including phenoxy) is 1. The normalized spacial score (nSPS) is 15.9. The van der Waals surface area contributed by atoms with Gasteiger partial charge in [-0.05, 0) is 30.7 Å². The van der Waals surface area contributed by atoms with Gasteiger partial charge in [-0.1, -0.05) is 29.3 Å². The monoisotopic (exact) mass is 422 g/mol. The number of nitrogens with zero attached hydrogens (tertiary/aromatic N) is 1. The zero-order valence-electron chi connectivity index (χ0n) is 13.9. The molecule has 0 fully saturated rings. The first kappa shape index (κ1) is 21.3. The molecule has 3 N–H and O–H groups in total. The Kier molecular flexibility index (Phi) is 6.24. The summed E-state index contributed by atoms with van der Waals surface area (Å²) in [6.07, 6.45) is -2.54.